The third-order valence-electron chi connectivity index (χ3n) is 2.50. The highest BCUT2D eigenvalue weighted by Crippen LogP contribution is 2.10. The predicted molar refractivity (Wildman–Crippen MR) is 75.5 cm³/mol. The van der Waals surface area contributed by atoms with Crippen LogP contribution in [0.2, 0.25) is 0 Å². The molecule has 2 rings (SSSR count). The van der Waals surface area contributed by atoms with Crippen LogP contribution in [-0.2, 0) is 11.3 Å². The lowest BCUT2D eigenvalue weighted by Gasteiger charge is -1.97. The van der Waals surface area contributed by atoms with Crippen LogP contribution in [0, 0.1) is 20.2 Å². The Morgan fingerprint density at radius 1 is 1.26 bits per heavy atom. The molecule has 118 valence electrons. The lowest BCUT2D eigenvalue weighted by atomic mass is 10.2. The first-order valence-electron chi connectivity index (χ1n) is 6.06. The molecule has 1 N–H and O–H groups in total. The van der Waals surface area contributed by atoms with Gasteiger partial charge in [0, 0.05) is 17.2 Å². The minimum absolute atomic E-state index is 0.0565. The molecule has 1 amide bonds. The van der Waals surface area contributed by atoms with E-state index in [2.05, 4.69) is 20.6 Å². The molecular formula is C11H9N7O5. The number of rotatable bonds is 6. The van der Waals surface area contributed by atoms with Gasteiger partial charge in [0.15, 0.2) is 0 Å². The van der Waals surface area contributed by atoms with Crippen molar-refractivity contribution in [2.45, 2.75) is 6.54 Å². The lowest BCUT2D eigenvalue weighted by molar-refractivity contribution is -0.394. The Kier molecular flexibility index (Phi) is 4.66. The molecule has 0 aliphatic carbocycles. The third-order valence-corrected chi connectivity index (χ3v) is 2.50. The molecule has 1 heterocycles. The summed E-state index contributed by atoms with van der Waals surface area (Å²) >= 11 is 0. The van der Waals surface area contributed by atoms with Crippen LogP contribution in [0.15, 0.2) is 35.7 Å². The van der Waals surface area contributed by atoms with E-state index in [1.54, 1.807) is 0 Å². The van der Waals surface area contributed by atoms with Crippen molar-refractivity contribution in [3.63, 3.8) is 0 Å². The van der Waals surface area contributed by atoms with Crippen molar-refractivity contribution in [3.05, 3.63) is 56.4 Å². The Labute approximate surface area is 127 Å². The summed E-state index contributed by atoms with van der Waals surface area (Å²) in [7, 11) is 0. The van der Waals surface area contributed by atoms with Crippen molar-refractivity contribution in [2.24, 2.45) is 5.10 Å². The molecule has 0 spiro atoms. The van der Waals surface area contributed by atoms with Crippen molar-refractivity contribution in [1.82, 2.24) is 20.2 Å². The number of hydrazone groups is 1. The second kappa shape index (κ2) is 6.84. The highest BCUT2D eigenvalue weighted by atomic mass is 16.6. The summed E-state index contributed by atoms with van der Waals surface area (Å²) in [5.74, 6) is -1.17. The van der Waals surface area contributed by atoms with E-state index in [4.69, 9.17) is 0 Å². The summed E-state index contributed by atoms with van der Waals surface area (Å²) < 4.78 is 0.995. The van der Waals surface area contributed by atoms with Crippen LogP contribution in [0.4, 0.5) is 11.6 Å². The normalized spacial score (nSPS) is 10.6. The van der Waals surface area contributed by atoms with Crippen LogP contribution in [0.25, 0.3) is 0 Å². The second-order valence-electron chi connectivity index (χ2n) is 4.14. The van der Waals surface area contributed by atoms with Gasteiger partial charge in [0.25, 0.3) is 11.6 Å². The van der Waals surface area contributed by atoms with Gasteiger partial charge in [-0.25, -0.2) is 5.43 Å². The smallest absolute Gasteiger partial charge is 0.390 e. The van der Waals surface area contributed by atoms with Crippen LogP contribution in [0.1, 0.15) is 5.56 Å². The number of nitrogens with one attached hydrogen (secondary N) is 1. The standard InChI is InChI=1S/C11H9N7O5/c19-10(6-16-7-12-11(15-16)18(22)23)14-13-5-8-1-3-9(4-2-8)17(20)21/h1-5,7H,6H2,(H,14,19)/b13-5+. The number of hydrogen-bond acceptors (Lipinski definition) is 8. The van der Waals surface area contributed by atoms with Crippen LogP contribution < -0.4 is 5.43 Å². The molecule has 1 aromatic carbocycles. The molecule has 0 aliphatic heterocycles. The molecule has 0 aliphatic rings. The predicted octanol–water partition coefficient (Wildman–Crippen LogP) is 0.245. The third kappa shape index (κ3) is 4.38. The monoisotopic (exact) mass is 319 g/mol. The number of amides is 1. The van der Waals surface area contributed by atoms with Crippen LogP contribution in [0.5, 0.6) is 0 Å². The molecule has 0 atom stereocenters. The van der Waals surface area contributed by atoms with E-state index in [9.17, 15) is 25.0 Å². The van der Waals surface area contributed by atoms with Gasteiger partial charge in [0.1, 0.15) is 6.54 Å². The van der Waals surface area contributed by atoms with Crippen LogP contribution in [0.3, 0.4) is 0 Å². The van der Waals surface area contributed by atoms with Gasteiger partial charge in [0.05, 0.1) is 11.1 Å². The number of non-ortho nitro benzene ring substituents is 1. The summed E-state index contributed by atoms with van der Waals surface area (Å²) in [5, 5.41) is 28.0. The number of nitro benzene ring substituents is 1. The van der Waals surface area contributed by atoms with E-state index in [0.29, 0.717) is 5.56 Å². The summed E-state index contributed by atoms with van der Waals surface area (Å²) in [5.41, 5.74) is 2.69. The highest BCUT2D eigenvalue weighted by molar-refractivity contribution is 5.82. The Morgan fingerprint density at radius 3 is 2.52 bits per heavy atom. The van der Waals surface area contributed by atoms with Gasteiger partial charge in [0.2, 0.25) is 6.33 Å². The van der Waals surface area contributed by atoms with Crippen LogP contribution >= 0.6 is 0 Å². The molecule has 0 bridgehead atoms. The quantitative estimate of drug-likeness (QED) is 0.453. The Morgan fingerprint density at radius 2 is 1.96 bits per heavy atom. The molecule has 0 unspecified atom stereocenters. The van der Waals surface area contributed by atoms with Gasteiger partial charge in [-0.15, -0.1) is 0 Å². The molecule has 23 heavy (non-hydrogen) atoms. The minimum atomic E-state index is -0.777. The molecule has 0 fully saturated rings. The number of carbonyl (C=O) groups is 1. The number of nitrogens with zero attached hydrogens (tertiary/aromatic N) is 6. The van der Waals surface area contributed by atoms with Gasteiger partial charge >= 0.3 is 5.95 Å². The molecule has 12 nitrogen and oxygen atoms in total. The van der Waals surface area contributed by atoms with E-state index in [1.165, 1.54) is 30.5 Å². The number of benzene rings is 1. The Hall–Kier alpha value is -3.70. The molecule has 0 radical (unpaired) electrons. The highest BCUT2D eigenvalue weighted by Gasteiger charge is 2.14. The van der Waals surface area contributed by atoms with Gasteiger partial charge in [-0.2, -0.15) is 9.78 Å². The average molecular weight is 319 g/mol. The van der Waals surface area contributed by atoms with Crippen LogP contribution in [-0.4, -0.2) is 36.7 Å². The number of aromatic nitrogens is 3. The van der Waals surface area contributed by atoms with Crippen molar-refractivity contribution in [1.29, 1.82) is 0 Å². The summed E-state index contributed by atoms with van der Waals surface area (Å²) in [6.45, 7) is -0.293. The number of nitro groups is 2. The fourth-order valence-corrected chi connectivity index (χ4v) is 1.49. The molecule has 0 saturated carbocycles. The van der Waals surface area contributed by atoms with Gasteiger partial charge in [-0.3, -0.25) is 14.9 Å². The van der Waals surface area contributed by atoms with Gasteiger partial charge in [-0.05, 0) is 22.6 Å². The Bertz CT molecular complexity index is 767. The maximum absolute atomic E-state index is 11.6. The molecule has 1 aromatic heterocycles. The maximum atomic E-state index is 11.6. The zero-order chi connectivity index (χ0) is 16.8. The average Bonchev–Trinajstić information content (AvgIpc) is 2.96. The summed E-state index contributed by atoms with van der Waals surface area (Å²) in [6.07, 6.45) is 2.35. The topological polar surface area (TPSA) is 158 Å². The molecular weight excluding hydrogens is 310 g/mol. The van der Waals surface area contributed by atoms with E-state index in [0.717, 1.165) is 11.0 Å². The fourth-order valence-electron chi connectivity index (χ4n) is 1.49. The van der Waals surface area contributed by atoms with E-state index < -0.39 is 21.7 Å². The van der Waals surface area contributed by atoms with E-state index in [1.807, 2.05) is 0 Å². The number of carbonyl (C=O) groups excluding carboxylic acids is 1. The zero-order valence-electron chi connectivity index (χ0n) is 11.4. The van der Waals surface area contributed by atoms with Gasteiger partial charge < -0.3 is 10.1 Å². The molecule has 2 aromatic rings. The van der Waals surface area contributed by atoms with Crippen molar-refractivity contribution < 1.29 is 14.6 Å². The van der Waals surface area contributed by atoms with E-state index >= 15 is 0 Å². The largest absolute Gasteiger partial charge is 0.490 e. The fraction of sp³-hybridized carbons (Fsp3) is 0.0909. The van der Waals surface area contributed by atoms with Crippen molar-refractivity contribution in [2.75, 3.05) is 0 Å². The van der Waals surface area contributed by atoms with E-state index in [-0.39, 0.29) is 12.2 Å². The first kappa shape index (κ1) is 15.7. The number of hydrogen-bond donors (Lipinski definition) is 1. The van der Waals surface area contributed by atoms with Crippen molar-refractivity contribution >= 4 is 23.8 Å². The Balaban J connectivity index is 1.87. The summed E-state index contributed by atoms with van der Waals surface area (Å²) in [6, 6.07) is 5.54. The first-order chi connectivity index (χ1) is 11.0. The zero-order valence-corrected chi connectivity index (χ0v) is 11.4. The first-order valence-corrected chi connectivity index (χ1v) is 6.06. The summed E-state index contributed by atoms with van der Waals surface area (Å²) in [4.78, 5) is 34.5. The minimum Gasteiger partial charge on any atom is -0.390 e. The maximum Gasteiger partial charge on any atom is 0.490 e. The second-order valence-corrected chi connectivity index (χ2v) is 4.14. The molecule has 0 saturated heterocycles. The van der Waals surface area contributed by atoms with Gasteiger partial charge in [-0.1, -0.05) is 4.98 Å². The van der Waals surface area contributed by atoms with Crippen molar-refractivity contribution in [3.8, 4) is 0 Å². The SMILES string of the molecule is O=C(Cn1cnc([N+](=O)[O-])n1)N/N=C/c1ccc([N+](=O)[O-])cc1. The lowest BCUT2D eigenvalue weighted by Crippen LogP contribution is -2.23. The molecule has 12 heteroatoms.